The molecule has 3 aliphatic heterocycles. The molecule has 0 aliphatic carbocycles. The van der Waals surface area contributed by atoms with E-state index in [0.29, 0.717) is 33.7 Å². The Morgan fingerprint density at radius 1 is 1.12 bits per heavy atom. The van der Waals surface area contributed by atoms with Gasteiger partial charge in [0.1, 0.15) is 28.5 Å². The minimum absolute atomic E-state index is 0.106. The van der Waals surface area contributed by atoms with Crippen LogP contribution in [-0.4, -0.2) is 72.8 Å². The van der Waals surface area contributed by atoms with Gasteiger partial charge in [-0.3, -0.25) is 4.98 Å². The number of thiophene rings is 1. The fourth-order valence-corrected chi connectivity index (χ4v) is 7.76. The maximum absolute atomic E-state index is 17.0. The molecule has 42 heavy (non-hydrogen) atoms. The molecule has 8 nitrogen and oxygen atoms in total. The van der Waals surface area contributed by atoms with Crippen molar-refractivity contribution in [3.8, 4) is 17.3 Å². The normalized spacial score (nSPS) is 21.1. The van der Waals surface area contributed by atoms with Crippen molar-refractivity contribution in [1.29, 1.82) is 5.26 Å². The Balaban J connectivity index is 1.63. The van der Waals surface area contributed by atoms with Gasteiger partial charge in [0.2, 0.25) is 0 Å². The third-order valence-corrected chi connectivity index (χ3v) is 9.76. The molecule has 3 aliphatic rings. The Kier molecular flexibility index (Phi) is 7.20. The molecule has 5 heterocycles. The van der Waals surface area contributed by atoms with E-state index in [2.05, 4.69) is 27.9 Å². The molecule has 0 saturated carbocycles. The lowest BCUT2D eigenvalue weighted by Gasteiger charge is -2.23. The van der Waals surface area contributed by atoms with Crippen LogP contribution in [0.5, 0.6) is 0 Å². The number of aromatic nitrogens is 1. The van der Waals surface area contributed by atoms with Crippen LogP contribution in [-0.2, 0) is 18.0 Å². The molecule has 2 N–H and O–H groups in total. The average molecular weight is 592 g/mol. The van der Waals surface area contributed by atoms with Crippen LogP contribution < -0.4 is 16.2 Å². The fourth-order valence-electron chi connectivity index (χ4n) is 6.84. The van der Waals surface area contributed by atoms with Crippen molar-refractivity contribution in [2.45, 2.75) is 34.0 Å². The van der Waals surface area contributed by atoms with Gasteiger partial charge < -0.3 is 25.2 Å². The third kappa shape index (κ3) is 4.44. The van der Waals surface area contributed by atoms with Crippen LogP contribution in [0.3, 0.4) is 0 Å². The van der Waals surface area contributed by atoms with Crippen LogP contribution in [0, 0.1) is 34.8 Å². The molecular formula is C31H35F2N7OS. The molecule has 0 bridgehead atoms. The second-order valence-corrected chi connectivity index (χ2v) is 13.1. The lowest BCUT2D eigenvalue weighted by molar-refractivity contribution is 0.134. The molecule has 11 heteroatoms. The fraction of sp³-hybridized carbons (Fsp3) is 0.452. The number of pyridine rings is 1. The number of likely N-dealkylation sites (tertiary alicyclic amines) is 2. The second-order valence-electron chi connectivity index (χ2n) is 12.0. The van der Waals surface area contributed by atoms with Crippen LogP contribution >= 0.6 is 11.3 Å². The Morgan fingerprint density at radius 2 is 1.79 bits per heavy atom. The van der Waals surface area contributed by atoms with Crippen molar-refractivity contribution in [3.05, 3.63) is 45.0 Å². The van der Waals surface area contributed by atoms with Gasteiger partial charge in [-0.15, -0.1) is 11.3 Å². The van der Waals surface area contributed by atoms with E-state index in [4.69, 9.17) is 15.5 Å². The molecule has 0 amide bonds. The topological polar surface area (TPSA) is 94.0 Å². The number of benzene rings is 1. The highest BCUT2D eigenvalue weighted by Crippen LogP contribution is 2.42. The zero-order chi connectivity index (χ0) is 30.0. The number of halogens is 2. The predicted octanol–water partition coefficient (Wildman–Crippen LogP) is 3.46. The first-order valence-electron chi connectivity index (χ1n) is 14.1. The summed E-state index contributed by atoms with van der Waals surface area (Å²) in [5, 5.41) is 11.4. The number of nitriles is 1. The predicted molar refractivity (Wildman–Crippen MR) is 163 cm³/mol. The Morgan fingerprint density at radius 3 is 2.40 bits per heavy atom. The van der Waals surface area contributed by atoms with Gasteiger partial charge in [0.15, 0.2) is 5.82 Å². The van der Waals surface area contributed by atoms with Crippen molar-refractivity contribution in [3.63, 3.8) is 0 Å². The number of nitrogen functional groups attached to an aromatic ring is 1. The highest BCUT2D eigenvalue weighted by Gasteiger charge is 2.39. The highest BCUT2D eigenvalue weighted by molar-refractivity contribution is 7.23. The van der Waals surface area contributed by atoms with Gasteiger partial charge in [-0.1, -0.05) is 5.57 Å². The van der Waals surface area contributed by atoms with Gasteiger partial charge in [-0.2, -0.15) is 5.26 Å². The lowest BCUT2D eigenvalue weighted by Crippen LogP contribution is -2.40. The smallest absolute Gasteiger partial charge is 0.159 e. The van der Waals surface area contributed by atoms with Crippen molar-refractivity contribution < 1.29 is 13.5 Å². The summed E-state index contributed by atoms with van der Waals surface area (Å²) in [7, 11) is 6.01. The molecule has 3 aromatic rings. The molecule has 2 saturated heterocycles. The number of hydrogen-bond acceptors (Lipinski definition) is 8. The van der Waals surface area contributed by atoms with Gasteiger partial charge in [0, 0.05) is 61.7 Å². The van der Waals surface area contributed by atoms with Crippen molar-refractivity contribution in [2.24, 2.45) is 16.8 Å². The number of rotatable bonds is 3. The second kappa shape index (κ2) is 10.6. The van der Waals surface area contributed by atoms with E-state index >= 15 is 4.39 Å². The molecule has 6 rings (SSSR count). The Hall–Kier alpha value is -3.59. The van der Waals surface area contributed by atoms with Crippen molar-refractivity contribution in [2.75, 3.05) is 53.1 Å². The molecular weight excluding hydrogens is 556 g/mol. The van der Waals surface area contributed by atoms with Crippen LogP contribution in [0.4, 0.5) is 13.8 Å². The summed E-state index contributed by atoms with van der Waals surface area (Å²) in [5.74, 6) is 1.73. The lowest BCUT2D eigenvalue weighted by atomic mass is 9.92. The summed E-state index contributed by atoms with van der Waals surface area (Å²) in [5.41, 5.74) is 8.83. The first-order valence-corrected chi connectivity index (χ1v) is 14.9. The van der Waals surface area contributed by atoms with Crippen molar-refractivity contribution in [1.82, 2.24) is 19.7 Å². The summed E-state index contributed by atoms with van der Waals surface area (Å²) < 4.78 is 38.0. The first kappa shape index (κ1) is 28.5. The van der Waals surface area contributed by atoms with Gasteiger partial charge in [-0.05, 0) is 50.8 Å². The van der Waals surface area contributed by atoms with Crippen LogP contribution in [0.1, 0.15) is 37.5 Å². The molecule has 0 radical (unpaired) electrons. The maximum atomic E-state index is 17.0. The molecule has 2 unspecified atom stereocenters. The molecule has 1 aromatic carbocycles. The molecule has 2 aromatic heterocycles. The SMILES string of the molecule is CC(C)=c1c(F)c(-c2ncc(F)c3sc(N)c(C#N)c23)c2c(/c1=C(/N=C(\C)N1CC3CN(C)CC3C1)N(C)C)COC2. The van der Waals surface area contributed by atoms with E-state index in [9.17, 15) is 9.65 Å². The van der Waals surface area contributed by atoms with E-state index in [1.54, 1.807) is 0 Å². The van der Waals surface area contributed by atoms with Crippen LogP contribution in [0.2, 0.25) is 0 Å². The number of amidine groups is 1. The van der Waals surface area contributed by atoms with Crippen LogP contribution in [0.25, 0.3) is 32.7 Å². The summed E-state index contributed by atoms with van der Waals surface area (Å²) in [6.45, 7) is 10.3. The largest absolute Gasteiger partial charge is 0.389 e. The summed E-state index contributed by atoms with van der Waals surface area (Å²) in [4.78, 5) is 16.2. The molecule has 220 valence electrons. The number of fused-ring (bicyclic) bond motifs is 3. The quantitative estimate of drug-likeness (QED) is 0.368. The minimum atomic E-state index is -0.596. The molecule has 2 atom stereocenters. The maximum Gasteiger partial charge on any atom is 0.159 e. The molecule has 2 fully saturated rings. The third-order valence-electron chi connectivity index (χ3n) is 8.74. The summed E-state index contributed by atoms with van der Waals surface area (Å²) in [6.07, 6.45) is 1.07. The number of nitrogens with zero attached hydrogens (tertiary/aromatic N) is 6. The van der Waals surface area contributed by atoms with E-state index in [0.717, 1.165) is 60.7 Å². The number of nitrogens with two attached hydrogens (primary N) is 1. The van der Waals surface area contributed by atoms with Crippen LogP contribution in [0.15, 0.2) is 11.2 Å². The number of anilines is 1. The van der Waals surface area contributed by atoms with Gasteiger partial charge in [-0.25, -0.2) is 13.8 Å². The van der Waals surface area contributed by atoms with E-state index < -0.39 is 11.6 Å². The standard InChI is InChI=1S/C31H35F2N7OS/c1-15(2)23-24(31(38(4)5)37-16(3)40-11-17-9-39(6)10-18(17)12-40)20-13-41-14-21(20)25(27(23)33)28-26-19(7-34)30(35)42-29(26)22(32)8-36-28/h8,17-18H,9-14,35H2,1-6H3/b31-24+,37-16+. The average Bonchev–Trinajstić information content (AvgIpc) is 3.69. The summed E-state index contributed by atoms with van der Waals surface area (Å²) in [6, 6.07) is 2.07. The Labute approximate surface area is 248 Å². The van der Waals surface area contributed by atoms with Gasteiger partial charge in [0.25, 0.3) is 0 Å². The Bertz CT molecular complexity index is 1810. The number of hydrogen-bond donors (Lipinski definition) is 1. The highest BCUT2D eigenvalue weighted by atomic mass is 32.1. The molecule has 0 spiro atoms. The van der Waals surface area contributed by atoms with E-state index in [-0.39, 0.29) is 45.1 Å². The first-order chi connectivity index (χ1) is 20.0. The minimum Gasteiger partial charge on any atom is -0.389 e. The van der Waals surface area contributed by atoms with Gasteiger partial charge in [0.05, 0.1) is 35.4 Å². The van der Waals surface area contributed by atoms with E-state index in [1.165, 1.54) is 0 Å². The number of ether oxygens (including phenoxy) is 1. The van der Waals surface area contributed by atoms with Crippen molar-refractivity contribution >= 4 is 43.7 Å². The zero-order valence-electron chi connectivity index (χ0n) is 24.8. The summed E-state index contributed by atoms with van der Waals surface area (Å²) >= 11 is 0.971. The zero-order valence-corrected chi connectivity index (χ0v) is 25.6. The monoisotopic (exact) mass is 591 g/mol. The van der Waals surface area contributed by atoms with Gasteiger partial charge >= 0.3 is 0 Å². The van der Waals surface area contributed by atoms with E-state index in [1.807, 2.05) is 39.8 Å². The number of aliphatic imine (C=N–C) groups is 1.